The monoisotopic (exact) mass is 140 g/mol. The maximum Gasteiger partial charge on any atom is 0.483 e. The van der Waals surface area contributed by atoms with Crippen LogP contribution < -0.4 is 0 Å². The summed E-state index contributed by atoms with van der Waals surface area (Å²) < 4.78 is 0. The van der Waals surface area contributed by atoms with Gasteiger partial charge in [0.15, 0.2) is 0 Å². The Bertz CT molecular complexity index is 161. The van der Waals surface area contributed by atoms with Crippen LogP contribution in [0.5, 0.6) is 0 Å². The Morgan fingerprint density at radius 2 is 2.10 bits per heavy atom. The molecule has 0 bridgehead atoms. The summed E-state index contributed by atoms with van der Waals surface area (Å²) in [6.45, 7) is 4.25. The van der Waals surface area contributed by atoms with Crippen LogP contribution in [0.25, 0.3) is 0 Å². The van der Waals surface area contributed by atoms with E-state index in [1.807, 2.05) is 6.08 Å². The minimum Gasteiger partial charge on any atom is -0.423 e. The van der Waals surface area contributed by atoms with Gasteiger partial charge in [-0.05, 0) is 23.7 Å². The standard InChI is InChI=1S/C7H13BO2/c1-7(2)4-3-6(5-7)8(9)10/h3,9-10H,4-5H2,1-2H3. The Morgan fingerprint density at radius 1 is 1.50 bits per heavy atom. The highest BCUT2D eigenvalue weighted by atomic mass is 16.4. The summed E-state index contributed by atoms with van der Waals surface area (Å²) in [5.74, 6) is 0. The van der Waals surface area contributed by atoms with Crippen molar-refractivity contribution in [2.24, 2.45) is 5.41 Å². The molecule has 0 unspecified atom stereocenters. The average Bonchev–Trinajstić information content (AvgIpc) is 2.10. The molecule has 56 valence electrons. The van der Waals surface area contributed by atoms with Crippen molar-refractivity contribution in [3.63, 3.8) is 0 Å². The van der Waals surface area contributed by atoms with Crippen molar-refractivity contribution >= 4 is 7.12 Å². The summed E-state index contributed by atoms with van der Waals surface area (Å²) in [5.41, 5.74) is 1.00. The van der Waals surface area contributed by atoms with Gasteiger partial charge in [-0.3, -0.25) is 0 Å². The zero-order chi connectivity index (χ0) is 7.78. The zero-order valence-electron chi connectivity index (χ0n) is 6.46. The van der Waals surface area contributed by atoms with Crippen LogP contribution in [0.4, 0.5) is 0 Å². The molecule has 0 aromatic rings. The molecule has 0 fully saturated rings. The summed E-state index contributed by atoms with van der Waals surface area (Å²) >= 11 is 0. The first-order chi connectivity index (χ1) is 4.51. The van der Waals surface area contributed by atoms with E-state index in [-0.39, 0.29) is 5.41 Å². The lowest BCUT2D eigenvalue weighted by molar-refractivity contribution is 0.379. The SMILES string of the molecule is CC1(C)CC=C(B(O)O)C1. The van der Waals surface area contributed by atoms with E-state index in [0.29, 0.717) is 0 Å². The van der Waals surface area contributed by atoms with Crippen molar-refractivity contribution in [3.05, 3.63) is 11.5 Å². The Balaban J connectivity index is 2.55. The maximum atomic E-state index is 8.77. The van der Waals surface area contributed by atoms with Crippen LogP contribution >= 0.6 is 0 Å². The normalized spacial score (nSPS) is 22.6. The third-order valence-corrected chi connectivity index (χ3v) is 1.93. The van der Waals surface area contributed by atoms with Crippen molar-refractivity contribution in [2.75, 3.05) is 0 Å². The molecule has 3 heteroatoms. The number of hydrogen-bond donors (Lipinski definition) is 2. The van der Waals surface area contributed by atoms with Crippen LogP contribution in [0.3, 0.4) is 0 Å². The first-order valence-electron chi connectivity index (χ1n) is 3.56. The van der Waals surface area contributed by atoms with Crippen molar-refractivity contribution in [2.45, 2.75) is 26.7 Å². The molecule has 2 nitrogen and oxygen atoms in total. The molecule has 0 saturated carbocycles. The van der Waals surface area contributed by atoms with Crippen molar-refractivity contribution in [1.82, 2.24) is 0 Å². The van der Waals surface area contributed by atoms with Gasteiger partial charge >= 0.3 is 7.12 Å². The molecule has 0 saturated heterocycles. The Morgan fingerprint density at radius 3 is 2.30 bits per heavy atom. The van der Waals surface area contributed by atoms with Crippen LogP contribution in [-0.2, 0) is 0 Å². The number of rotatable bonds is 1. The van der Waals surface area contributed by atoms with E-state index in [1.165, 1.54) is 0 Å². The zero-order valence-corrected chi connectivity index (χ0v) is 6.46. The van der Waals surface area contributed by atoms with Crippen LogP contribution in [0.15, 0.2) is 11.5 Å². The first kappa shape index (κ1) is 7.83. The molecule has 2 N–H and O–H groups in total. The van der Waals surface area contributed by atoms with Gasteiger partial charge in [0.05, 0.1) is 0 Å². The predicted molar refractivity (Wildman–Crippen MR) is 41.3 cm³/mol. The second-order valence-electron chi connectivity index (χ2n) is 3.70. The second kappa shape index (κ2) is 2.40. The summed E-state index contributed by atoms with van der Waals surface area (Å²) in [6, 6.07) is 0. The van der Waals surface area contributed by atoms with E-state index < -0.39 is 7.12 Å². The van der Waals surface area contributed by atoms with Gasteiger partial charge in [0.1, 0.15) is 0 Å². The summed E-state index contributed by atoms with van der Waals surface area (Å²) in [7, 11) is -1.23. The smallest absolute Gasteiger partial charge is 0.423 e. The summed E-state index contributed by atoms with van der Waals surface area (Å²) in [6.07, 6.45) is 3.69. The van der Waals surface area contributed by atoms with E-state index >= 15 is 0 Å². The minimum absolute atomic E-state index is 0.235. The number of hydrogen-bond acceptors (Lipinski definition) is 2. The highest BCUT2D eigenvalue weighted by Gasteiger charge is 2.29. The lowest BCUT2D eigenvalue weighted by Gasteiger charge is -2.16. The Kier molecular flexibility index (Phi) is 1.88. The van der Waals surface area contributed by atoms with Gasteiger partial charge in [0.25, 0.3) is 0 Å². The fourth-order valence-electron chi connectivity index (χ4n) is 1.30. The molecule has 0 aromatic heterocycles. The Hall–Kier alpha value is -0.275. The van der Waals surface area contributed by atoms with Crippen molar-refractivity contribution < 1.29 is 10.0 Å². The Labute approximate surface area is 61.7 Å². The molecule has 0 spiro atoms. The maximum absolute atomic E-state index is 8.77. The molecular weight excluding hydrogens is 127 g/mol. The van der Waals surface area contributed by atoms with E-state index in [4.69, 9.17) is 10.0 Å². The largest absolute Gasteiger partial charge is 0.483 e. The van der Waals surface area contributed by atoms with Crippen LogP contribution in [0.1, 0.15) is 26.7 Å². The summed E-state index contributed by atoms with van der Waals surface area (Å²) in [5, 5.41) is 17.5. The molecule has 0 aromatic carbocycles. The van der Waals surface area contributed by atoms with Gasteiger partial charge in [-0.15, -0.1) is 0 Å². The van der Waals surface area contributed by atoms with Gasteiger partial charge in [-0.2, -0.15) is 0 Å². The van der Waals surface area contributed by atoms with Crippen molar-refractivity contribution in [3.8, 4) is 0 Å². The van der Waals surface area contributed by atoms with E-state index in [0.717, 1.165) is 18.3 Å². The van der Waals surface area contributed by atoms with Gasteiger partial charge in [0, 0.05) is 0 Å². The fourth-order valence-corrected chi connectivity index (χ4v) is 1.30. The molecule has 0 heterocycles. The molecule has 0 radical (unpaired) electrons. The fraction of sp³-hybridized carbons (Fsp3) is 0.714. The highest BCUT2D eigenvalue weighted by molar-refractivity contribution is 6.50. The van der Waals surface area contributed by atoms with Crippen LogP contribution in [-0.4, -0.2) is 17.2 Å². The molecule has 1 rings (SSSR count). The molecule has 1 aliphatic carbocycles. The lowest BCUT2D eigenvalue weighted by Crippen LogP contribution is -2.16. The molecular formula is C7H13BO2. The molecule has 0 aliphatic heterocycles. The third-order valence-electron chi connectivity index (χ3n) is 1.93. The van der Waals surface area contributed by atoms with Crippen LogP contribution in [0.2, 0.25) is 0 Å². The van der Waals surface area contributed by atoms with Gasteiger partial charge < -0.3 is 10.0 Å². The second-order valence-corrected chi connectivity index (χ2v) is 3.70. The van der Waals surface area contributed by atoms with Crippen LogP contribution in [0, 0.1) is 5.41 Å². The topological polar surface area (TPSA) is 40.5 Å². The van der Waals surface area contributed by atoms with Gasteiger partial charge in [-0.1, -0.05) is 19.9 Å². The number of allylic oxidation sites excluding steroid dienone is 2. The molecule has 1 aliphatic rings. The van der Waals surface area contributed by atoms with E-state index in [9.17, 15) is 0 Å². The predicted octanol–water partition coefficient (Wildman–Crippen LogP) is 0.745. The van der Waals surface area contributed by atoms with E-state index in [2.05, 4.69) is 13.8 Å². The molecule has 0 atom stereocenters. The molecule has 10 heavy (non-hydrogen) atoms. The van der Waals surface area contributed by atoms with Gasteiger partial charge in [-0.25, -0.2) is 0 Å². The highest BCUT2D eigenvalue weighted by Crippen LogP contribution is 2.36. The third kappa shape index (κ3) is 1.61. The minimum atomic E-state index is -1.23. The average molecular weight is 140 g/mol. The van der Waals surface area contributed by atoms with Gasteiger partial charge in [0.2, 0.25) is 0 Å². The summed E-state index contributed by atoms with van der Waals surface area (Å²) in [4.78, 5) is 0. The van der Waals surface area contributed by atoms with Crippen molar-refractivity contribution in [1.29, 1.82) is 0 Å². The lowest BCUT2D eigenvalue weighted by atomic mass is 9.75. The molecule has 0 amide bonds. The van der Waals surface area contributed by atoms with E-state index in [1.54, 1.807) is 0 Å². The quantitative estimate of drug-likeness (QED) is 0.527. The first-order valence-corrected chi connectivity index (χ1v) is 3.56.